The molecule has 0 spiro atoms. The van der Waals surface area contributed by atoms with E-state index >= 15 is 0 Å². The monoisotopic (exact) mass is 576 g/mol. The molecule has 4 nitrogen and oxygen atoms in total. The fourth-order valence-electron chi connectivity index (χ4n) is 6.44. The van der Waals surface area contributed by atoms with Gasteiger partial charge in [-0.05, 0) is 77.4 Å². The zero-order valence-corrected chi connectivity index (χ0v) is 24.1. The lowest BCUT2D eigenvalue weighted by Crippen LogP contribution is -1.94. The average molecular weight is 577 g/mol. The van der Waals surface area contributed by atoms with Crippen LogP contribution in [0.3, 0.4) is 0 Å². The maximum absolute atomic E-state index is 10.1. The summed E-state index contributed by atoms with van der Waals surface area (Å²) in [7, 11) is 0. The number of aromatic nitrogens is 1. The summed E-state index contributed by atoms with van der Waals surface area (Å²) < 4.78 is 4.75. The van der Waals surface area contributed by atoms with E-state index in [9.17, 15) is 15.8 Å². The van der Waals surface area contributed by atoms with Crippen molar-refractivity contribution in [1.82, 2.24) is 4.57 Å². The molecular formula is C39H20N4S. The molecule has 0 aliphatic heterocycles. The van der Waals surface area contributed by atoms with E-state index in [0.717, 1.165) is 44.2 Å². The molecule has 0 saturated heterocycles. The van der Waals surface area contributed by atoms with Gasteiger partial charge in [0.2, 0.25) is 0 Å². The number of hydrogen-bond donors (Lipinski definition) is 0. The predicted octanol–water partition coefficient (Wildman–Crippen LogP) is 10.1. The summed E-state index contributed by atoms with van der Waals surface area (Å²) in [6, 6.07) is 47.3. The molecular weight excluding hydrogens is 557 g/mol. The number of fused-ring (bicyclic) bond motifs is 6. The van der Waals surface area contributed by atoms with Gasteiger partial charge in [-0.1, -0.05) is 60.7 Å². The van der Waals surface area contributed by atoms with Gasteiger partial charge in [-0.15, -0.1) is 11.3 Å². The largest absolute Gasteiger partial charge is 0.309 e. The molecule has 0 fully saturated rings. The third kappa shape index (κ3) is 3.73. The van der Waals surface area contributed by atoms with Gasteiger partial charge in [0.15, 0.2) is 0 Å². The Morgan fingerprint density at radius 2 is 1.18 bits per heavy atom. The molecule has 0 aliphatic rings. The standard InChI is InChI=1S/C39H20N4S/c40-21-25-7-1-2-10-29(25)24-15-17-34-33(19-24)39-31(38-26(22-41)8-5-9-27(38)23-42)12-6-13-35(39)43(34)28-16-18-37-32(20-28)30-11-3-4-14-36(30)44-37/h1-20H. The minimum Gasteiger partial charge on any atom is -0.309 e. The van der Waals surface area contributed by atoms with Crippen LogP contribution in [-0.2, 0) is 0 Å². The van der Waals surface area contributed by atoms with Gasteiger partial charge in [0.1, 0.15) is 0 Å². The van der Waals surface area contributed by atoms with E-state index in [4.69, 9.17) is 0 Å². The van der Waals surface area contributed by atoms with Crippen molar-refractivity contribution < 1.29 is 0 Å². The first-order chi connectivity index (χ1) is 21.7. The zero-order valence-electron chi connectivity index (χ0n) is 23.2. The first-order valence-electron chi connectivity index (χ1n) is 14.1. The van der Waals surface area contributed by atoms with Gasteiger partial charge < -0.3 is 4.57 Å². The van der Waals surface area contributed by atoms with E-state index in [2.05, 4.69) is 89.5 Å². The molecule has 0 atom stereocenters. The highest BCUT2D eigenvalue weighted by Crippen LogP contribution is 2.43. The Balaban J connectivity index is 1.51. The van der Waals surface area contributed by atoms with Gasteiger partial charge in [0.05, 0.1) is 45.9 Å². The Labute approximate surface area is 257 Å². The van der Waals surface area contributed by atoms with Crippen molar-refractivity contribution in [2.75, 3.05) is 0 Å². The second-order valence-electron chi connectivity index (χ2n) is 10.7. The summed E-state index contributed by atoms with van der Waals surface area (Å²) in [5, 5.41) is 34.4. The number of nitrogens with zero attached hydrogens (tertiary/aromatic N) is 4. The topological polar surface area (TPSA) is 76.3 Å². The van der Waals surface area contributed by atoms with E-state index in [-0.39, 0.29) is 0 Å². The van der Waals surface area contributed by atoms with Gasteiger partial charge in [0.25, 0.3) is 0 Å². The van der Waals surface area contributed by atoms with Gasteiger partial charge in [-0.3, -0.25) is 0 Å². The number of rotatable bonds is 3. The zero-order chi connectivity index (χ0) is 29.8. The Morgan fingerprint density at radius 3 is 2.00 bits per heavy atom. The van der Waals surface area contributed by atoms with Gasteiger partial charge in [-0.2, -0.15) is 15.8 Å². The van der Waals surface area contributed by atoms with Gasteiger partial charge in [-0.25, -0.2) is 0 Å². The quantitative estimate of drug-likeness (QED) is 0.210. The summed E-state index contributed by atoms with van der Waals surface area (Å²) in [4.78, 5) is 0. The molecule has 202 valence electrons. The van der Waals surface area contributed by atoms with Gasteiger partial charge >= 0.3 is 0 Å². The summed E-state index contributed by atoms with van der Waals surface area (Å²) in [5.41, 5.74) is 7.75. The van der Waals surface area contributed by atoms with E-state index in [1.807, 2.05) is 36.4 Å². The molecule has 0 bridgehead atoms. The Kier molecular flexibility index (Phi) is 5.78. The number of nitriles is 3. The van der Waals surface area contributed by atoms with Crippen molar-refractivity contribution in [2.24, 2.45) is 0 Å². The minimum absolute atomic E-state index is 0.453. The van der Waals surface area contributed by atoms with E-state index in [0.29, 0.717) is 22.3 Å². The second-order valence-corrected chi connectivity index (χ2v) is 11.7. The van der Waals surface area contributed by atoms with Crippen molar-refractivity contribution in [3.8, 4) is 46.1 Å². The van der Waals surface area contributed by atoms with E-state index in [1.165, 1.54) is 20.2 Å². The summed E-state index contributed by atoms with van der Waals surface area (Å²) in [5.74, 6) is 0. The molecule has 2 heterocycles. The second kappa shape index (κ2) is 9.97. The molecule has 44 heavy (non-hydrogen) atoms. The molecule has 0 amide bonds. The van der Waals surface area contributed by atoms with Crippen molar-refractivity contribution in [3.05, 3.63) is 138 Å². The third-order valence-electron chi connectivity index (χ3n) is 8.34. The Morgan fingerprint density at radius 1 is 0.500 bits per heavy atom. The SMILES string of the molecule is N#Cc1ccccc1-c1ccc2c(c1)c1c(-c3c(C#N)cccc3C#N)cccc1n2-c1ccc2sc3ccccc3c2c1. The Hall–Kier alpha value is -6.19. The fourth-order valence-corrected chi connectivity index (χ4v) is 7.53. The number of hydrogen-bond acceptors (Lipinski definition) is 4. The molecule has 8 aromatic rings. The highest BCUT2D eigenvalue weighted by atomic mass is 32.1. The lowest BCUT2D eigenvalue weighted by Gasteiger charge is -2.11. The van der Waals surface area contributed by atoms with Crippen molar-refractivity contribution in [2.45, 2.75) is 0 Å². The third-order valence-corrected chi connectivity index (χ3v) is 9.49. The van der Waals surface area contributed by atoms with Crippen LogP contribution in [-0.4, -0.2) is 4.57 Å². The normalized spacial score (nSPS) is 11.1. The first kappa shape index (κ1) is 25.5. The minimum atomic E-state index is 0.453. The predicted molar refractivity (Wildman–Crippen MR) is 179 cm³/mol. The van der Waals surface area contributed by atoms with Crippen LogP contribution >= 0.6 is 11.3 Å². The maximum Gasteiger partial charge on any atom is 0.0998 e. The average Bonchev–Trinajstić information content (AvgIpc) is 3.62. The number of thiophene rings is 1. The van der Waals surface area contributed by atoms with E-state index < -0.39 is 0 Å². The van der Waals surface area contributed by atoms with E-state index in [1.54, 1.807) is 29.5 Å². The molecule has 8 rings (SSSR count). The first-order valence-corrected chi connectivity index (χ1v) is 14.9. The highest BCUT2D eigenvalue weighted by Gasteiger charge is 2.21. The highest BCUT2D eigenvalue weighted by molar-refractivity contribution is 7.25. The van der Waals surface area contributed by atoms with Crippen LogP contribution in [0.15, 0.2) is 121 Å². The van der Waals surface area contributed by atoms with Gasteiger partial charge in [0, 0.05) is 42.2 Å². The molecule has 6 aromatic carbocycles. The smallest absolute Gasteiger partial charge is 0.0998 e. The molecule has 2 aromatic heterocycles. The summed E-state index contributed by atoms with van der Waals surface area (Å²) in [6.45, 7) is 0. The maximum atomic E-state index is 10.1. The summed E-state index contributed by atoms with van der Waals surface area (Å²) >= 11 is 1.79. The van der Waals surface area contributed by atoms with Crippen LogP contribution in [0.1, 0.15) is 16.7 Å². The van der Waals surface area contributed by atoms with Crippen LogP contribution in [0, 0.1) is 34.0 Å². The molecule has 0 unspecified atom stereocenters. The molecule has 0 saturated carbocycles. The Bertz CT molecular complexity index is 2570. The van der Waals surface area contributed by atoms with Crippen molar-refractivity contribution in [1.29, 1.82) is 15.8 Å². The molecule has 0 N–H and O–H groups in total. The lowest BCUT2D eigenvalue weighted by atomic mass is 9.91. The molecule has 0 aliphatic carbocycles. The molecule has 0 radical (unpaired) electrons. The van der Waals surface area contributed by atoms with Crippen molar-refractivity contribution >= 4 is 53.3 Å². The van der Waals surface area contributed by atoms with Crippen LogP contribution < -0.4 is 0 Å². The number of benzene rings is 6. The van der Waals surface area contributed by atoms with Crippen LogP contribution in [0.4, 0.5) is 0 Å². The van der Waals surface area contributed by atoms with Crippen LogP contribution in [0.5, 0.6) is 0 Å². The molecule has 5 heteroatoms. The fraction of sp³-hybridized carbons (Fsp3) is 0. The van der Waals surface area contributed by atoms with Crippen LogP contribution in [0.25, 0.3) is 69.9 Å². The van der Waals surface area contributed by atoms with Crippen molar-refractivity contribution in [3.63, 3.8) is 0 Å². The summed E-state index contributed by atoms with van der Waals surface area (Å²) in [6.07, 6.45) is 0. The van der Waals surface area contributed by atoms with Crippen LogP contribution in [0.2, 0.25) is 0 Å². The lowest BCUT2D eigenvalue weighted by molar-refractivity contribution is 1.19.